The van der Waals surface area contributed by atoms with Gasteiger partial charge >= 0.3 is 5.97 Å². The maximum atomic E-state index is 13.9. The average molecular weight is 388 g/mol. The van der Waals surface area contributed by atoms with E-state index in [1.54, 1.807) is 0 Å². The first-order valence-electron chi connectivity index (χ1n) is 8.59. The highest BCUT2D eigenvalue weighted by Crippen LogP contribution is 2.34. The highest BCUT2D eigenvalue weighted by Gasteiger charge is 2.39. The monoisotopic (exact) mass is 388 g/mol. The van der Waals surface area contributed by atoms with Crippen molar-refractivity contribution in [3.8, 4) is 0 Å². The molecule has 0 atom stereocenters. The summed E-state index contributed by atoms with van der Waals surface area (Å²) in [5.41, 5.74) is 0.0512. The first-order valence-corrected chi connectivity index (χ1v) is 10.1. The fourth-order valence-corrected chi connectivity index (χ4v) is 4.66. The Morgan fingerprint density at radius 3 is 2.50 bits per heavy atom. The van der Waals surface area contributed by atoms with Crippen LogP contribution in [0.15, 0.2) is 17.0 Å². The highest BCUT2D eigenvalue weighted by molar-refractivity contribution is 7.89. The number of aryl methyl sites for hydroxylation is 1. The molecule has 144 valence electrons. The van der Waals surface area contributed by atoms with Crippen LogP contribution in [0.25, 0.3) is 0 Å². The van der Waals surface area contributed by atoms with Crippen LogP contribution in [0.4, 0.5) is 8.78 Å². The lowest BCUT2D eigenvalue weighted by molar-refractivity contribution is -0.139. The number of carboxylic acid groups (broad SMARTS) is 1. The predicted molar refractivity (Wildman–Crippen MR) is 90.2 cm³/mol. The molecule has 0 heterocycles. The second kappa shape index (κ2) is 7.21. The van der Waals surface area contributed by atoms with Crippen molar-refractivity contribution >= 4 is 16.0 Å². The van der Waals surface area contributed by atoms with Crippen LogP contribution in [0.3, 0.4) is 0 Å². The quantitative estimate of drug-likeness (QED) is 0.710. The van der Waals surface area contributed by atoms with E-state index in [0.717, 1.165) is 18.9 Å². The Kier molecular flexibility index (Phi) is 5.32. The molecule has 0 bridgehead atoms. The molecule has 26 heavy (non-hydrogen) atoms. The minimum Gasteiger partial charge on any atom is -0.480 e. The molecule has 2 fully saturated rings. The van der Waals surface area contributed by atoms with Crippen molar-refractivity contribution in [1.82, 2.24) is 9.62 Å². The van der Waals surface area contributed by atoms with Gasteiger partial charge in [0.15, 0.2) is 0 Å². The number of carboxylic acids is 1. The molecule has 0 aromatic heterocycles. The summed E-state index contributed by atoms with van der Waals surface area (Å²) >= 11 is 0. The molecule has 2 aliphatic carbocycles. The number of rotatable bonds is 8. The van der Waals surface area contributed by atoms with E-state index < -0.39 is 32.5 Å². The molecule has 2 saturated carbocycles. The molecule has 2 aliphatic rings. The van der Waals surface area contributed by atoms with Crippen molar-refractivity contribution in [2.45, 2.75) is 49.6 Å². The molecule has 0 saturated heterocycles. The van der Waals surface area contributed by atoms with Crippen molar-refractivity contribution in [2.75, 3.05) is 13.1 Å². The van der Waals surface area contributed by atoms with Gasteiger partial charge in [-0.05, 0) is 50.2 Å². The van der Waals surface area contributed by atoms with E-state index in [9.17, 15) is 22.0 Å². The summed E-state index contributed by atoms with van der Waals surface area (Å²) in [4.78, 5) is 12.3. The molecule has 3 rings (SSSR count). The standard InChI is InChI=1S/C17H22F2N2O4S/c1-10-4-16(15(19)7-14(10)18)26(24,25)20-12-5-13(6-12)21(9-17(22)23)8-11-2-3-11/h4,7,11-13,20H,2-3,5-6,8-9H2,1H3,(H,22,23). The van der Waals surface area contributed by atoms with Crippen LogP contribution < -0.4 is 4.72 Å². The first kappa shape index (κ1) is 19.2. The van der Waals surface area contributed by atoms with Gasteiger partial charge in [0.2, 0.25) is 10.0 Å². The van der Waals surface area contributed by atoms with Gasteiger partial charge in [-0.3, -0.25) is 9.69 Å². The lowest BCUT2D eigenvalue weighted by atomic mass is 9.86. The van der Waals surface area contributed by atoms with Gasteiger partial charge in [0.1, 0.15) is 16.5 Å². The van der Waals surface area contributed by atoms with Crippen LogP contribution in [0, 0.1) is 24.5 Å². The third-order valence-corrected chi connectivity index (χ3v) is 6.52. The molecule has 9 heteroatoms. The van der Waals surface area contributed by atoms with Crippen molar-refractivity contribution in [3.05, 3.63) is 29.3 Å². The molecule has 0 aliphatic heterocycles. The summed E-state index contributed by atoms with van der Waals surface area (Å²) in [6.07, 6.45) is 3.15. The van der Waals surface area contributed by atoms with Crippen molar-refractivity contribution < 1.29 is 27.1 Å². The van der Waals surface area contributed by atoms with E-state index >= 15 is 0 Å². The largest absolute Gasteiger partial charge is 0.480 e. The fourth-order valence-electron chi connectivity index (χ4n) is 3.25. The average Bonchev–Trinajstić information content (AvgIpc) is 3.29. The zero-order chi connectivity index (χ0) is 19.1. The SMILES string of the molecule is Cc1cc(S(=O)(=O)NC2CC(N(CC(=O)O)CC3CC3)C2)c(F)cc1F. The lowest BCUT2D eigenvalue weighted by Crippen LogP contribution is -2.55. The summed E-state index contributed by atoms with van der Waals surface area (Å²) < 4.78 is 54.4. The van der Waals surface area contributed by atoms with Gasteiger partial charge < -0.3 is 5.11 Å². The Bertz CT molecular complexity index is 805. The fraction of sp³-hybridized carbons (Fsp3) is 0.588. The van der Waals surface area contributed by atoms with Gasteiger partial charge in [0.25, 0.3) is 0 Å². The van der Waals surface area contributed by atoms with Gasteiger partial charge in [-0.1, -0.05) is 0 Å². The molecule has 1 aromatic rings. The second-order valence-electron chi connectivity index (χ2n) is 7.24. The number of carbonyl (C=O) groups is 1. The number of nitrogens with zero attached hydrogens (tertiary/aromatic N) is 1. The smallest absolute Gasteiger partial charge is 0.317 e. The van der Waals surface area contributed by atoms with Gasteiger partial charge in [0.05, 0.1) is 6.54 Å². The van der Waals surface area contributed by atoms with Crippen LogP contribution in [-0.2, 0) is 14.8 Å². The maximum absolute atomic E-state index is 13.9. The van der Waals surface area contributed by atoms with Crippen LogP contribution in [0.2, 0.25) is 0 Å². The molecule has 0 radical (unpaired) electrons. The Hall–Kier alpha value is -1.58. The molecule has 2 N–H and O–H groups in total. The minimum atomic E-state index is -4.10. The first-order chi connectivity index (χ1) is 12.2. The molecule has 0 spiro atoms. The van der Waals surface area contributed by atoms with E-state index in [-0.39, 0.29) is 24.2 Å². The normalized spacial score (nSPS) is 23.1. The van der Waals surface area contributed by atoms with E-state index in [1.165, 1.54) is 6.92 Å². The number of sulfonamides is 1. The number of nitrogens with one attached hydrogen (secondary N) is 1. The molecule has 6 nitrogen and oxygen atoms in total. The highest BCUT2D eigenvalue weighted by atomic mass is 32.2. The maximum Gasteiger partial charge on any atom is 0.317 e. The van der Waals surface area contributed by atoms with E-state index in [0.29, 0.717) is 31.4 Å². The number of hydrogen-bond donors (Lipinski definition) is 2. The Morgan fingerprint density at radius 1 is 1.27 bits per heavy atom. The molecule has 1 aromatic carbocycles. The molecule has 0 unspecified atom stereocenters. The van der Waals surface area contributed by atoms with E-state index in [1.807, 2.05) is 4.90 Å². The van der Waals surface area contributed by atoms with Crippen molar-refractivity contribution in [3.63, 3.8) is 0 Å². The van der Waals surface area contributed by atoms with E-state index in [4.69, 9.17) is 5.11 Å². The van der Waals surface area contributed by atoms with Crippen LogP contribution in [0.1, 0.15) is 31.2 Å². The lowest BCUT2D eigenvalue weighted by Gasteiger charge is -2.42. The number of aliphatic carboxylic acids is 1. The Labute approximate surface area is 151 Å². The summed E-state index contributed by atoms with van der Waals surface area (Å²) in [5.74, 6) is -2.30. The number of benzene rings is 1. The van der Waals surface area contributed by atoms with Crippen LogP contribution >= 0.6 is 0 Å². The number of hydrogen-bond acceptors (Lipinski definition) is 4. The minimum absolute atomic E-state index is 0.000740. The third kappa shape index (κ3) is 4.39. The molecular formula is C17H22F2N2O4S. The zero-order valence-corrected chi connectivity index (χ0v) is 15.2. The zero-order valence-electron chi connectivity index (χ0n) is 14.4. The Balaban J connectivity index is 1.62. The van der Waals surface area contributed by atoms with Gasteiger partial charge in [-0.2, -0.15) is 0 Å². The van der Waals surface area contributed by atoms with Crippen LogP contribution in [-0.4, -0.2) is 49.6 Å². The number of halogens is 2. The summed E-state index contributed by atoms with van der Waals surface area (Å²) in [7, 11) is -4.10. The van der Waals surface area contributed by atoms with Crippen LogP contribution in [0.5, 0.6) is 0 Å². The van der Waals surface area contributed by atoms with Gasteiger partial charge in [-0.25, -0.2) is 21.9 Å². The summed E-state index contributed by atoms with van der Waals surface area (Å²) in [6.45, 7) is 2.02. The third-order valence-electron chi connectivity index (χ3n) is 4.98. The van der Waals surface area contributed by atoms with Gasteiger partial charge in [-0.15, -0.1) is 0 Å². The molecule has 0 amide bonds. The van der Waals surface area contributed by atoms with E-state index in [2.05, 4.69) is 4.72 Å². The van der Waals surface area contributed by atoms with Crippen molar-refractivity contribution in [1.29, 1.82) is 0 Å². The summed E-state index contributed by atoms with van der Waals surface area (Å²) in [6, 6.07) is 1.16. The van der Waals surface area contributed by atoms with Gasteiger partial charge in [0, 0.05) is 24.7 Å². The molecular weight excluding hydrogens is 366 g/mol. The summed E-state index contributed by atoms with van der Waals surface area (Å²) in [5, 5.41) is 9.04. The topological polar surface area (TPSA) is 86.7 Å². The Morgan fingerprint density at radius 2 is 1.92 bits per heavy atom. The predicted octanol–water partition coefficient (Wildman–Crippen LogP) is 1.88. The second-order valence-corrected chi connectivity index (χ2v) is 8.92. The van der Waals surface area contributed by atoms with Crippen molar-refractivity contribution in [2.24, 2.45) is 5.92 Å².